The summed E-state index contributed by atoms with van der Waals surface area (Å²) < 4.78 is 18.8. The van der Waals surface area contributed by atoms with Crippen LogP contribution in [0, 0.1) is 0 Å². The second kappa shape index (κ2) is 7.36. The molecule has 0 radical (unpaired) electrons. The molecule has 2 saturated carbocycles. The van der Waals surface area contributed by atoms with Crippen molar-refractivity contribution in [2.75, 3.05) is 0 Å². The Balaban J connectivity index is 1.74. The lowest BCUT2D eigenvalue weighted by Gasteiger charge is -2.32. The van der Waals surface area contributed by atoms with Gasteiger partial charge < -0.3 is 0 Å². The van der Waals surface area contributed by atoms with Crippen molar-refractivity contribution in [3.8, 4) is 0 Å². The van der Waals surface area contributed by atoms with Gasteiger partial charge in [0.15, 0.2) is 0 Å². The van der Waals surface area contributed by atoms with Gasteiger partial charge in [0.05, 0.1) is 21.4 Å². The maximum atomic E-state index is 13.6. The Labute approximate surface area is 187 Å². The normalized spacial score (nSPS) is 22.1. The smallest absolute Gasteiger partial charge is 0.261 e. The summed E-state index contributed by atoms with van der Waals surface area (Å²) >= 11 is 0. The van der Waals surface area contributed by atoms with Crippen LogP contribution in [0.2, 0.25) is 0 Å². The first kappa shape index (κ1) is 21.0. The molecule has 0 N–H and O–H groups in total. The summed E-state index contributed by atoms with van der Waals surface area (Å²) in [5.41, 5.74) is 3.69. The largest absolute Gasteiger partial charge is 0.296 e. The third kappa shape index (κ3) is 3.61. The molecule has 2 fully saturated rings. The van der Waals surface area contributed by atoms with Crippen molar-refractivity contribution in [2.45, 2.75) is 102 Å². The predicted molar refractivity (Wildman–Crippen MR) is 127 cm³/mol. The number of benzene rings is 1. The van der Waals surface area contributed by atoms with E-state index in [1.807, 2.05) is 32.3 Å². The molecule has 0 saturated heterocycles. The summed E-state index contributed by atoms with van der Waals surface area (Å²) in [5, 5.41) is 0.701. The average Bonchev–Trinajstić information content (AvgIpc) is 3.52. The minimum Gasteiger partial charge on any atom is -0.296 e. The van der Waals surface area contributed by atoms with Crippen molar-refractivity contribution >= 4 is 27.6 Å². The number of hydrogen-bond acceptors (Lipinski definition) is 3. The van der Waals surface area contributed by atoms with Gasteiger partial charge in [-0.2, -0.15) is 4.40 Å². The minimum atomic E-state index is -1.35. The summed E-state index contributed by atoms with van der Waals surface area (Å²) in [5.74, 6) is 1.50. The van der Waals surface area contributed by atoms with Gasteiger partial charge in [-0.3, -0.25) is 9.36 Å². The molecule has 1 aliphatic heterocycles. The highest BCUT2D eigenvalue weighted by Gasteiger charge is 2.42. The van der Waals surface area contributed by atoms with Crippen LogP contribution in [0.1, 0.15) is 102 Å². The molecule has 1 aromatic carbocycles. The molecule has 1 atom stereocenters. The molecule has 0 bridgehead atoms. The van der Waals surface area contributed by atoms with Gasteiger partial charge in [0.1, 0.15) is 16.8 Å². The Kier molecular flexibility index (Phi) is 5.00. The molecule has 6 heteroatoms. The van der Waals surface area contributed by atoms with Crippen LogP contribution >= 0.6 is 0 Å². The highest BCUT2D eigenvalue weighted by atomic mass is 32.2. The molecular formula is C25H33N3O2S. The van der Waals surface area contributed by atoms with Crippen LogP contribution in [0.15, 0.2) is 21.3 Å². The topological polar surface area (TPSA) is 64.3 Å². The Morgan fingerprint density at radius 1 is 1.16 bits per heavy atom. The maximum Gasteiger partial charge on any atom is 0.261 e. The van der Waals surface area contributed by atoms with Gasteiger partial charge in [0.2, 0.25) is 0 Å². The van der Waals surface area contributed by atoms with E-state index in [2.05, 4.69) is 16.5 Å². The molecular weight excluding hydrogens is 406 g/mol. The third-order valence-electron chi connectivity index (χ3n) is 7.36. The van der Waals surface area contributed by atoms with Gasteiger partial charge in [-0.1, -0.05) is 19.3 Å². The Hall–Kier alpha value is -1.82. The zero-order valence-electron chi connectivity index (χ0n) is 19.2. The summed E-state index contributed by atoms with van der Waals surface area (Å²) in [6.45, 7) is 8.49. The zero-order valence-corrected chi connectivity index (χ0v) is 20.0. The van der Waals surface area contributed by atoms with Crippen LogP contribution < -0.4 is 5.56 Å². The lowest BCUT2D eigenvalue weighted by molar-refractivity contribution is 0.286. The highest BCUT2D eigenvalue weighted by molar-refractivity contribution is 7.85. The van der Waals surface area contributed by atoms with E-state index >= 15 is 0 Å². The number of nitrogens with zero attached hydrogens (tertiary/aromatic N) is 3. The number of hydrogen-bond donors (Lipinski definition) is 0. The third-order valence-corrected chi connectivity index (χ3v) is 8.85. The number of rotatable bonds is 3. The lowest BCUT2D eigenvalue weighted by Crippen LogP contribution is -2.31. The molecule has 1 aromatic heterocycles. The van der Waals surface area contributed by atoms with Crippen LogP contribution in [0.5, 0.6) is 0 Å². The molecule has 0 amide bonds. The van der Waals surface area contributed by atoms with E-state index < -0.39 is 15.7 Å². The molecule has 2 aliphatic carbocycles. The fourth-order valence-electron chi connectivity index (χ4n) is 5.34. The molecule has 3 aliphatic rings. The lowest BCUT2D eigenvalue weighted by atomic mass is 9.72. The average molecular weight is 440 g/mol. The Morgan fingerprint density at radius 2 is 1.87 bits per heavy atom. The van der Waals surface area contributed by atoms with Gasteiger partial charge in [-0.25, -0.2) is 9.19 Å². The van der Waals surface area contributed by atoms with E-state index in [4.69, 9.17) is 4.98 Å². The van der Waals surface area contributed by atoms with Crippen molar-refractivity contribution in [1.29, 1.82) is 0 Å². The van der Waals surface area contributed by atoms with Crippen molar-refractivity contribution < 1.29 is 4.21 Å². The number of fused-ring (bicyclic) bond motifs is 3. The van der Waals surface area contributed by atoms with Crippen molar-refractivity contribution in [2.24, 2.45) is 4.40 Å². The van der Waals surface area contributed by atoms with E-state index in [1.165, 1.54) is 24.8 Å². The van der Waals surface area contributed by atoms with Crippen LogP contribution in [0.25, 0.3) is 10.9 Å². The summed E-state index contributed by atoms with van der Waals surface area (Å²) in [4.78, 5) is 18.8. The molecule has 5 rings (SSSR count). The molecule has 31 heavy (non-hydrogen) atoms. The molecule has 2 aromatic rings. The summed E-state index contributed by atoms with van der Waals surface area (Å²) in [6, 6.07) is 4.23. The van der Waals surface area contributed by atoms with Gasteiger partial charge in [-0.05, 0) is 83.4 Å². The molecule has 2 heterocycles. The van der Waals surface area contributed by atoms with E-state index in [0.717, 1.165) is 55.6 Å². The van der Waals surface area contributed by atoms with Crippen molar-refractivity contribution in [3.05, 3.63) is 39.4 Å². The van der Waals surface area contributed by atoms with E-state index in [1.54, 1.807) is 0 Å². The first-order chi connectivity index (χ1) is 14.7. The van der Waals surface area contributed by atoms with Crippen molar-refractivity contribution in [1.82, 2.24) is 9.55 Å². The first-order valence-electron chi connectivity index (χ1n) is 11.8. The van der Waals surface area contributed by atoms with Crippen LogP contribution in [-0.4, -0.2) is 24.2 Å². The molecule has 5 nitrogen and oxygen atoms in total. The van der Waals surface area contributed by atoms with Gasteiger partial charge in [-0.15, -0.1) is 0 Å². The van der Waals surface area contributed by atoms with Crippen LogP contribution in [0.4, 0.5) is 0 Å². The van der Waals surface area contributed by atoms with Crippen molar-refractivity contribution in [3.63, 3.8) is 0 Å². The Bertz CT molecular complexity index is 1160. The predicted octanol–water partition coefficient (Wildman–Crippen LogP) is 5.15. The van der Waals surface area contributed by atoms with Gasteiger partial charge in [0, 0.05) is 17.5 Å². The van der Waals surface area contributed by atoms with E-state index in [9.17, 15) is 9.00 Å². The zero-order chi connectivity index (χ0) is 22.0. The SMILES string of the molecule is CC(=N[S@](=O)C(C)(C)C)c1cc(C2CC2)cc2c(=O)n3c(nc12)C1(CCCCC1)CC3. The van der Waals surface area contributed by atoms with E-state index in [-0.39, 0.29) is 11.0 Å². The van der Waals surface area contributed by atoms with Crippen LogP contribution in [0.3, 0.4) is 0 Å². The Morgan fingerprint density at radius 3 is 2.52 bits per heavy atom. The second-order valence-corrected chi connectivity index (χ2v) is 12.7. The first-order valence-corrected chi connectivity index (χ1v) is 12.9. The number of aromatic nitrogens is 2. The molecule has 0 unspecified atom stereocenters. The van der Waals surface area contributed by atoms with Gasteiger partial charge in [0.25, 0.3) is 5.56 Å². The summed E-state index contributed by atoms with van der Waals surface area (Å²) in [7, 11) is -1.35. The maximum absolute atomic E-state index is 13.6. The van der Waals surface area contributed by atoms with Crippen LogP contribution in [-0.2, 0) is 22.9 Å². The molecule has 166 valence electrons. The fraction of sp³-hybridized carbons (Fsp3) is 0.640. The second-order valence-electron chi connectivity index (χ2n) is 10.8. The standard InChI is InChI=1S/C25H33N3O2S/c1-16(27-31(30)24(2,3)4)19-14-18(17-8-9-17)15-20-21(19)26-23-25(10-6-5-7-11-25)12-13-28(23)22(20)29/h14-15,17H,5-13H2,1-4H3/t31-/m1/s1. The van der Waals surface area contributed by atoms with Gasteiger partial charge >= 0.3 is 0 Å². The monoisotopic (exact) mass is 439 g/mol. The molecule has 1 spiro atoms. The quantitative estimate of drug-likeness (QED) is 0.621. The highest BCUT2D eigenvalue weighted by Crippen LogP contribution is 2.46. The van der Waals surface area contributed by atoms with E-state index in [0.29, 0.717) is 17.0 Å². The summed E-state index contributed by atoms with van der Waals surface area (Å²) in [6.07, 6.45) is 9.31. The minimum absolute atomic E-state index is 0.0529. The fourth-order valence-corrected chi connectivity index (χ4v) is 5.96.